The predicted octanol–water partition coefficient (Wildman–Crippen LogP) is 2.34. The highest BCUT2D eigenvalue weighted by atomic mass is 19.2. The van der Waals surface area contributed by atoms with E-state index >= 15 is 0 Å². The monoisotopic (exact) mass is 284 g/mol. The molecule has 1 heterocycles. The molecule has 0 bridgehead atoms. The summed E-state index contributed by atoms with van der Waals surface area (Å²) in [6.45, 7) is 5.19. The van der Waals surface area contributed by atoms with Crippen LogP contribution < -0.4 is 5.32 Å². The minimum Gasteiger partial charge on any atom is -0.374 e. The summed E-state index contributed by atoms with van der Waals surface area (Å²) < 4.78 is 32.3. The maximum absolute atomic E-state index is 13.4. The molecule has 0 amide bonds. The number of morpholine rings is 1. The lowest BCUT2D eigenvalue weighted by Gasteiger charge is -2.39. The zero-order chi connectivity index (χ0) is 14.5. The first-order valence-electron chi connectivity index (χ1n) is 7.11. The lowest BCUT2D eigenvalue weighted by Crippen LogP contribution is -2.47. The summed E-state index contributed by atoms with van der Waals surface area (Å²) in [5.41, 5.74) is 0.759. The molecule has 1 aliphatic heterocycles. The molecule has 2 rings (SSSR count). The summed E-state index contributed by atoms with van der Waals surface area (Å²) in [6.07, 6.45) is 1.00. The molecule has 1 fully saturated rings. The number of ether oxygens (including phenoxy) is 1. The summed E-state index contributed by atoms with van der Waals surface area (Å²) in [4.78, 5) is 2.13. The Hall–Kier alpha value is -1.04. The summed E-state index contributed by atoms with van der Waals surface area (Å²) >= 11 is 0. The highest BCUT2D eigenvalue weighted by molar-refractivity contribution is 5.23. The molecule has 5 heteroatoms. The van der Waals surface area contributed by atoms with E-state index < -0.39 is 11.6 Å². The SMILES string of the molecule is CCCNCC1OCCN(C)C1c1ccc(F)c(F)c1. The van der Waals surface area contributed by atoms with Gasteiger partial charge in [0.25, 0.3) is 0 Å². The van der Waals surface area contributed by atoms with Gasteiger partial charge >= 0.3 is 0 Å². The van der Waals surface area contributed by atoms with Crippen LogP contribution in [0.1, 0.15) is 24.9 Å². The summed E-state index contributed by atoms with van der Waals surface area (Å²) in [7, 11) is 1.99. The standard InChI is InChI=1S/C15H22F2N2O/c1-3-6-18-10-14-15(19(2)7-8-20-14)11-4-5-12(16)13(17)9-11/h4-5,9,14-15,18H,3,6-8,10H2,1-2H3. The molecule has 2 atom stereocenters. The molecule has 1 saturated heterocycles. The van der Waals surface area contributed by atoms with Crippen molar-refractivity contribution in [3.05, 3.63) is 35.4 Å². The molecule has 3 nitrogen and oxygen atoms in total. The Morgan fingerprint density at radius 1 is 1.35 bits per heavy atom. The molecule has 1 aromatic carbocycles. The van der Waals surface area contributed by atoms with Gasteiger partial charge in [-0.1, -0.05) is 13.0 Å². The third-order valence-electron chi connectivity index (χ3n) is 3.66. The van der Waals surface area contributed by atoms with Gasteiger partial charge < -0.3 is 10.1 Å². The van der Waals surface area contributed by atoms with Crippen LogP contribution >= 0.6 is 0 Å². The lowest BCUT2D eigenvalue weighted by atomic mass is 9.98. The van der Waals surface area contributed by atoms with E-state index in [9.17, 15) is 8.78 Å². The first-order valence-corrected chi connectivity index (χ1v) is 7.11. The molecule has 1 N–H and O–H groups in total. The third kappa shape index (κ3) is 3.53. The Balaban J connectivity index is 2.15. The zero-order valence-corrected chi connectivity index (χ0v) is 12.0. The third-order valence-corrected chi connectivity index (χ3v) is 3.66. The number of rotatable bonds is 5. The van der Waals surface area contributed by atoms with Crippen molar-refractivity contribution in [2.75, 3.05) is 33.3 Å². The van der Waals surface area contributed by atoms with Crippen molar-refractivity contribution in [2.24, 2.45) is 0 Å². The first-order chi connectivity index (χ1) is 9.63. The fourth-order valence-electron chi connectivity index (χ4n) is 2.62. The molecular formula is C15H22F2N2O. The maximum Gasteiger partial charge on any atom is 0.159 e. The average Bonchev–Trinajstić information content (AvgIpc) is 2.43. The van der Waals surface area contributed by atoms with Crippen LogP contribution in [0.15, 0.2) is 18.2 Å². The molecule has 0 radical (unpaired) electrons. The van der Waals surface area contributed by atoms with Gasteiger partial charge in [-0.2, -0.15) is 0 Å². The van der Waals surface area contributed by atoms with Gasteiger partial charge in [0.1, 0.15) is 0 Å². The van der Waals surface area contributed by atoms with Gasteiger partial charge in [-0.3, -0.25) is 4.90 Å². The minimum atomic E-state index is -0.811. The van der Waals surface area contributed by atoms with Gasteiger partial charge in [-0.05, 0) is 37.7 Å². The number of hydrogen-bond donors (Lipinski definition) is 1. The van der Waals surface area contributed by atoms with Gasteiger partial charge in [0, 0.05) is 13.1 Å². The summed E-state index contributed by atoms with van der Waals surface area (Å²) in [6, 6.07) is 4.05. The van der Waals surface area contributed by atoms with Gasteiger partial charge in [0.05, 0.1) is 18.8 Å². The van der Waals surface area contributed by atoms with Crippen molar-refractivity contribution in [1.29, 1.82) is 0 Å². The van der Waals surface area contributed by atoms with Crippen LogP contribution in [0.5, 0.6) is 0 Å². The number of halogens is 2. The number of likely N-dealkylation sites (N-methyl/N-ethyl adjacent to an activating group) is 1. The van der Waals surface area contributed by atoms with E-state index in [1.165, 1.54) is 12.1 Å². The van der Waals surface area contributed by atoms with Crippen LogP contribution in [-0.2, 0) is 4.74 Å². The smallest absolute Gasteiger partial charge is 0.159 e. The first kappa shape index (κ1) is 15.4. The highest BCUT2D eigenvalue weighted by Gasteiger charge is 2.31. The molecular weight excluding hydrogens is 262 g/mol. The number of nitrogens with zero attached hydrogens (tertiary/aromatic N) is 1. The van der Waals surface area contributed by atoms with Crippen molar-refractivity contribution >= 4 is 0 Å². The van der Waals surface area contributed by atoms with E-state index in [4.69, 9.17) is 4.74 Å². The lowest BCUT2D eigenvalue weighted by molar-refractivity contribution is -0.0613. The van der Waals surface area contributed by atoms with Gasteiger partial charge in [0.15, 0.2) is 11.6 Å². The molecule has 112 valence electrons. The van der Waals surface area contributed by atoms with E-state index in [-0.39, 0.29) is 12.1 Å². The summed E-state index contributed by atoms with van der Waals surface area (Å²) in [5, 5.41) is 3.33. The zero-order valence-electron chi connectivity index (χ0n) is 12.0. The minimum absolute atomic E-state index is 0.0508. The van der Waals surface area contributed by atoms with E-state index in [0.29, 0.717) is 13.2 Å². The molecule has 20 heavy (non-hydrogen) atoms. The van der Waals surface area contributed by atoms with E-state index in [2.05, 4.69) is 17.1 Å². The average molecular weight is 284 g/mol. The Morgan fingerprint density at radius 3 is 2.85 bits per heavy atom. The van der Waals surface area contributed by atoms with Gasteiger partial charge in [-0.25, -0.2) is 8.78 Å². The van der Waals surface area contributed by atoms with Crippen LogP contribution in [0.25, 0.3) is 0 Å². The van der Waals surface area contributed by atoms with Crippen molar-refractivity contribution in [3.63, 3.8) is 0 Å². The Morgan fingerprint density at radius 2 is 2.15 bits per heavy atom. The molecule has 2 unspecified atom stereocenters. The number of hydrogen-bond acceptors (Lipinski definition) is 3. The van der Waals surface area contributed by atoms with Crippen LogP contribution in [-0.4, -0.2) is 44.3 Å². The molecule has 0 aromatic heterocycles. The number of nitrogens with one attached hydrogen (secondary N) is 1. The second-order valence-electron chi connectivity index (χ2n) is 5.21. The van der Waals surface area contributed by atoms with Gasteiger partial charge in [-0.15, -0.1) is 0 Å². The second kappa shape index (κ2) is 7.11. The van der Waals surface area contributed by atoms with Crippen LogP contribution in [0, 0.1) is 11.6 Å². The molecule has 0 saturated carbocycles. The number of benzene rings is 1. The van der Waals surface area contributed by atoms with Crippen molar-refractivity contribution in [3.8, 4) is 0 Å². The van der Waals surface area contributed by atoms with Crippen LogP contribution in [0.2, 0.25) is 0 Å². The quantitative estimate of drug-likeness (QED) is 0.840. The highest BCUT2D eigenvalue weighted by Crippen LogP contribution is 2.29. The Kier molecular flexibility index (Phi) is 5.46. The van der Waals surface area contributed by atoms with Crippen LogP contribution in [0.3, 0.4) is 0 Å². The fourth-order valence-corrected chi connectivity index (χ4v) is 2.62. The normalized spacial score (nSPS) is 24.0. The van der Waals surface area contributed by atoms with Crippen molar-refractivity contribution in [1.82, 2.24) is 10.2 Å². The van der Waals surface area contributed by atoms with E-state index in [1.807, 2.05) is 7.05 Å². The van der Waals surface area contributed by atoms with Crippen molar-refractivity contribution in [2.45, 2.75) is 25.5 Å². The van der Waals surface area contributed by atoms with Crippen LogP contribution in [0.4, 0.5) is 8.78 Å². The largest absolute Gasteiger partial charge is 0.374 e. The molecule has 0 aliphatic carbocycles. The molecule has 1 aliphatic rings. The summed E-state index contributed by atoms with van der Waals surface area (Å²) in [5.74, 6) is -1.62. The fraction of sp³-hybridized carbons (Fsp3) is 0.600. The van der Waals surface area contributed by atoms with Gasteiger partial charge in [0.2, 0.25) is 0 Å². The maximum atomic E-state index is 13.4. The van der Waals surface area contributed by atoms with E-state index in [1.54, 1.807) is 6.07 Å². The van der Waals surface area contributed by atoms with Crippen molar-refractivity contribution < 1.29 is 13.5 Å². The van der Waals surface area contributed by atoms with E-state index in [0.717, 1.165) is 25.1 Å². The molecule has 1 aromatic rings. The Labute approximate surface area is 118 Å². The Bertz CT molecular complexity index is 442. The second-order valence-corrected chi connectivity index (χ2v) is 5.21. The predicted molar refractivity (Wildman–Crippen MR) is 74.6 cm³/mol. The topological polar surface area (TPSA) is 24.5 Å². The molecule has 0 spiro atoms.